The number of hydrogen-bond acceptors (Lipinski definition) is 1. The van der Waals surface area contributed by atoms with Crippen molar-refractivity contribution in [2.45, 2.75) is 77.0 Å². The van der Waals surface area contributed by atoms with Crippen LogP contribution in [-0.2, 0) is 12.8 Å². The molecule has 0 saturated heterocycles. The van der Waals surface area contributed by atoms with Crippen molar-refractivity contribution in [1.29, 1.82) is 5.26 Å². The molecule has 0 aromatic heterocycles. The Balaban J connectivity index is 1.27. The predicted molar refractivity (Wildman–Crippen MR) is 139 cm³/mol. The van der Waals surface area contributed by atoms with E-state index < -0.39 is 0 Å². The van der Waals surface area contributed by atoms with E-state index in [0.717, 1.165) is 30.2 Å². The van der Waals surface area contributed by atoms with Crippen molar-refractivity contribution >= 4 is 0 Å². The van der Waals surface area contributed by atoms with Crippen LogP contribution in [0.25, 0.3) is 11.1 Å². The van der Waals surface area contributed by atoms with Crippen LogP contribution in [0, 0.1) is 23.1 Å². The second-order valence-electron chi connectivity index (χ2n) is 9.96. The van der Waals surface area contributed by atoms with E-state index in [1.807, 2.05) is 18.2 Å². The number of halogens is 1. The third-order valence-corrected chi connectivity index (χ3v) is 7.58. The van der Waals surface area contributed by atoms with Gasteiger partial charge in [-0.3, -0.25) is 0 Å². The second kappa shape index (κ2) is 12.0. The smallest absolute Gasteiger partial charge is 0.132 e. The molecule has 4 rings (SSSR count). The van der Waals surface area contributed by atoms with Gasteiger partial charge in [0.2, 0.25) is 0 Å². The van der Waals surface area contributed by atoms with Crippen LogP contribution in [-0.4, -0.2) is 0 Å². The maximum Gasteiger partial charge on any atom is 0.132 e. The Morgan fingerprint density at radius 1 is 0.824 bits per heavy atom. The lowest BCUT2D eigenvalue weighted by Gasteiger charge is -2.29. The summed E-state index contributed by atoms with van der Waals surface area (Å²) in [7, 11) is 0. The molecule has 176 valence electrons. The molecule has 3 aromatic rings. The molecular formula is C32H36FN. The molecule has 0 aliphatic heterocycles. The summed E-state index contributed by atoms with van der Waals surface area (Å²) < 4.78 is 14.3. The zero-order valence-electron chi connectivity index (χ0n) is 20.4. The Hall–Kier alpha value is -2.92. The van der Waals surface area contributed by atoms with Crippen LogP contribution < -0.4 is 0 Å². The molecule has 1 fully saturated rings. The molecule has 0 bridgehead atoms. The van der Waals surface area contributed by atoms with Crippen molar-refractivity contribution in [3.63, 3.8) is 0 Å². The minimum absolute atomic E-state index is 0.346. The van der Waals surface area contributed by atoms with Crippen molar-refractivity contribution in [3.05, 3.63) is 94.8 Å². The molecule has 3 aromatic carbocycles. The Morgan fingerprint density at radius 3 is 2.06 bits per heavy atom. The first-order valence-corrected chi connectivity index (χ1v) is 13.0. The van der Waals surface area contributed by atoms with E-state index in [2.05, 4.69) is 43.3 Å². The molecule has 1 aliphatic rings. The fourth-order valence-corrected chi connectivity index (χ4v) is 5.38. The number of hydrogen-bond donors (Lipinski definition) is 0. The quantitative estimate of drug-likeness (QED) is 0.297. The lowest BCUT2D eigenvalue weighted by Crippen LogP contribution is -2.13. The van der Waals surface area contributed by atoms with E-state index in [1.165, 1.54) is 74.1 Å². The maximum atomic E-state index is 14.3. The summed E-state index contributed by atoms with van der Waals surface area (Å²) in [6.07, 6.45) is 13.0. The van der Waals surface area contributed by atoms with Gasteiger partial charge in [-0.1, -0.05) is 87.2 Å². The van der Waals surface area contributed by atoms with Crippen LogP contribution >= 0.6 is 0 Å². The molecule has 1 saturated carbocycles. The Kier molecular flexibility index (Phi) is 8.53. The zero-order valence-corrected chi connectivity index (χ0v) is 20.4. The van der Waals surface area contributed by atoms with Gasteiger partial charge in [-0.05, 0) is 84.7 Å². The summed E-state index contributed by atoms with van der Waals surface area (Å²) in [5.41, 5.74) is 5.87. The molecular weight excluding hydrogens is 417 g/mol. The number of aryl methyl sites for hydroxylation is 2. The van der Waals surface area contributed by atoms with Gasteiger partial charge in [0.25, 0.3) is 0 Å². The predicted octanol–water partition coefficient (Wildman–Crippen LogP) is 9.00. The van der Waals surface area contributed by atoms with Crippen molar-refractivity contribution in [2.24, 2.45) is 5.92 Å². The summed E-state index contributed by atoms with van der Waals surface area (Å²) in [5, 5.41) is 8.92. The van der Waals surface area contributed by atoms with Gasteiger partial charge in [-0.25, -0.2) is 4.39 Å². The molecule has 0 atom stereocenters. The van der Waals surface area contributed by atoms with Gasteiger partial charge < -0.3 is 0 Å². The second-order valence-corrected chi connectivity index (χ2v) is 9.96. The van der Waals surface area contributed by atoms with E-state index in [1.54, 1.807) is 12.1 Å². The van der Waals surface area contributed by atoms with Crippen LogP contribution in [0.5, 0.6) is 0 Å². The molecule has 0 heterocycles. The minimum Gasteiger partial charge on any atom is -0.206 e. The van der Waals surface area contributed by atoms with Gasteiger partial charge in [0.1, 0.15) is 5.82 Å². The van der Waals surface area contributed by atoms with E-state index in [4.69, 9.17) is 5.26 Å². The van der Waals surface area contributed by atoms with E-state index >= 15 is 0 Å². The molecule has 0 amide bonds. The first kappa shape index (κ1) is 24.2. The van der Waals surface area contributed by atoms with E-state index in [-0.39, 0.29) is 5.82 Å². The van der Waals surface area contributed by atoms with Crippen molar-refractivity contribution < 1.29 is 4.39 Å². The first-order chi connectivity index (χ1) is 16.7. The number of rotatable bonds is 9. The summed E-state index contributed by atoms with van der Waals surface area (Å²) in [6, 6.07) is 24.1. The highest BCUT2D eigenvalue weighted by Crippen LogP contribution is 2.37. The molecule has 1 nitrogen and oxygen atoms in total. The van der Waals surface area contributed by atoms with Gasteiger partial charge in [0.15, 0.2) is 0 Å². The van der Waals surface area contributed by atoms with Crippen LogP contribution in [0.15, 0.2) is 66.7 Å². The number of benzene rings is 3. The summed E-state index contributed by atoms with van der Waals surface area (Å²) in [5.74, 6) is 1.35. The van der Waals surface area contributed by atoms with E-state index in [9.17, 15) is 4.39 Å². The molecule has 1 aliphatic carbocycles. The van der Waals surface area contributed by atoms with Crippen molar-refractivity contribution in [2.75, 3.05) is 0 Å². The summed E-state index contributed by atoms with van der Waals surface area (Å²) in [4.78, 5) is 0. The number of nitriles is 1. The van der Waals surface area contributed by atoms with Gasteiger partial charge in [-0.2, -0.15) is 5.26 Å². The molecule has 2 heteroatoms. The molecule has 34 heavy (non-hydrogen) atoms. The number of unbranched alkanes of at least 4 members (excludes halogenated alkanes) is 2. The average molecular weight is 454 g/mol. The molecule has 0 unspecified atom stereocenters. The highest BCUT2D eigenvalue weighted by atomic mass is 19.1. The topological polar surface area (TPSA) is 23.8 Å². The van der Waals surface area contributed by atoms with Gasteiger partial charge in [-0.15, -0.1) is 0 Å². The largest absolute Gasteiger partial charge is 0.206 e. The maximum absolute atomic E-state index is 14.3. The SMILES string of the molecule is CCCCCC1CCC(c2ccc(CCc3ccc(-c4ccc(C#N)cc4F)cc3)cc2)CC1. The zero-order chi connectivity index (χ0) is 23.8. The minimum atomic E-state index is -0.350. The Morgan fingerprint density at radius 2 is 1.47 bits per heavy atom. The Labute approximate surface area is 204 Å². The lowest BCUT2D eigenvalue weighted by atomic mass is 9.77. The third kappa shape index (κ3) is 6.35. The lowest BCUT2D eigenvalue weighted by molar-refractivity contribution is 0.303. The van der Waals surface area contributed by atoms with Crippen molar-refractivity contribution in [3.8, 4) is 17.2 Å². The first-order valence-electron chi connectivity index (χ1n) is 13.0. The monoisotopic (exact) mass is 453 g/mol. The standard InChI is InChI=1S/C32H36FN/c1-2-3-4-5-24-8-15-28(16-9-24)29-17-10-25(11-18-29)6-7-26-12-19-30(20-13-26)31-21-14-27(23-34)22-32(31)33/h10-14,17-22,24,28H,2-9,15-16H2,1H3. The Bertz CT molecular complexity index is 1080. The van der Waals surface area contributed by atoms with Crippen molar-refractivity contribution in [1.82, 2.24) is 0 Å². The summed E-state index contributed by atoms with van der Waals surface area (Å²) in [6.45, 7) is 2.29. The fraction of sp³-hybridized carbons (Fsp3) is 0.406. The average Bonchev–Trinajstić information content (AvgIpc) is 2.89. The molecule has 0 N–H and O–H groups in total. The van der Waals surface area contributed by atoms with Crippen LogP contribution in [0.1, 0.15) is 86.5 Å². The van der Waals surface area contributed by atoms with E-state index in [0.29, 0.717) is 11.1 Å². The fourth-order valence-electron chi connectivity index (χ4n) is 5.38. The molecule has 0 spiro atoms. The highest BCUT2D eigenvalue weighted by molar-refractivity contribution is 5.65. The normalized spacial score (nSPS) is 17.9. The van der Waals surface area contributed by atoms with Gasteiger partial charge in [0.05, 0.1) is 11.6 Å². The van der Waals surface area contributed by atoms with Crippen LogP contribution in [0.2, 0.25) is 0 Å². The van der Waals surface area contributed by atoms with Crippen LogP contribution in [0.3, 0.4) is 0 Å². The highest BCUT2D eigenvalue weighted by Gasteiger charge is 2.21. The molecule has 0 radical (unpaired) electrons. The summed E-state index contributed by atoms with van der Waals surface area (Å²) >= 11 is 0. The van der Waals surface area contributed by atoms with Gasteiger partial charge >= 0.3 is 0 Å². The van der Waals surface area contributed by atoms with Gasteiger partial charge in [0, 0.05) is 5.56 Å². The third-order valence-electron chi connectivity index (χ3n) is 7.58. The number of nitrogens with zero attached hydrogens (tertiary/aromatic N) is 1. The van der Waals surface area contributed by atoms with Crippen LogP contribution in [0.4, 0.5) is 4.39 Å².